The molecule has 3 N–H and O–H groups in total. The molecule has 0 saturated carbocycles. The summed E-state index contributed by atoms with van der Waals surface area (Å²) >= 11 is 1.12. The number of aliphatic hydroxyl groups is 1. The number of aliphatic imine (C=N–C) groups is 1. The van der Waals surface area contributed by atoms with Crippen molar-refractivity contribution in [2.24, 2.45) is 10.9 Å². The first kappa shape index (κ1) is 26.3. The Balaban J connectivity index is 1.70. The fourth-order valence-electron chi connectivity index (χ4n) is 3.82. The molecule has 2 aliphatic rings. The predicted octanol–water partition coefficient (Wildman–Crippen LogP) is 2.88. The molecule has 0 spiro atoms. The number of ether oxygens (including phenoxy) is 1. The summed E-state index contributed by atoms with van der Waals surface area (Å²) in [5.41, 5.74) is -2.22. The van der Waals surface area contributed by atoms with Crippen LogP contribution in [-0.2, 0) is 14.8 Å². The quantitative estimate of drug-likeness (QED) is 0.451. The summed E-state index contributed by atoms with van der Waals surface area (Å²) < 4.78 is 72.5. The molecule has 1 aliphatic carbocycles. The zero-order valence-corrected chi connectivity index (χ0v) is 20.1. The van der Waals surface area contributed by atoms with Gasteiger partial charge in [0.05, 0.1) is 25.3 Å². The smallest absolute Gasteiger partial charge is 0.380 e. The van der Waals surface area contributed by atoms with E-state index in [0.29, 0.717) is 25.3 Å². The lowest BCUT2D eigenvalue weighted by atomic mass is 9.81. The maximum absolute atomic E-state index is 13.1. The summed E-state index contributed by atoms with van der Waals surface area (Å²) in [5.74, 6) is -1.06. The summed E-state index contributed by atoms with van der Waals surface area (Å²) in [6, 6.07) is 3.04. The average molecular weight is 510 g/mol. The van der Waals surface area contributed by atoms with Crippen molar-refractivity contribution < 1.29 is 31.4 Å². The van der Waals surface area contributed by atoms with Crippen LogP contribution in [0.4, 0.5) is 13.2 Å². The zero-order valence-electron chi connectivity index (χ0n) is 18.5. The van der Waals surface area contributed by atoms with E-state index >= 15 is 0 Å². The maximum atomic E-state index is 13.1. The van der Waals surface area contributed by atoms with Crippen LogP contribution in [0.15, 0.2) is 38.9 Å². The van der Waals surface area contributed by atoms with E-state index in [1.165, 1.54) is 18.2 Å². The molecule has 2 heterocycles. The van der Waals surface area contributed by atoms with Crippen LogP contribution >= 0.6 is 11.3 Å². The van der Waals surface area contributed by atoms with Gasteiger partial charge in [0, 0.05) is 24.2 Å². The van der Waals surface area contributed by atoms with Crippen LogP contribution < -0.4 is 10.0 Å². The van der Waals surface area contributed by atoms with E-state index in [4.69, 9.17) is 4.74 Å². The van der Waals surface area contributed by atoms with E-state index in [0.717, 1.165) is 18.3 Å². The number of allylic oxidation sites excluding steroid dienone is 1. The van der Waals surface area contributed by atoms with Gasteiger partial charge in [-0.05, 0) is 50.6 Å². The molecule has 12 heteroatoms. The Morgan fingerprint density at radius 1 is 1.36 bits per heavy atom. The third-order valence-corrected chi connectivity index (χ3v) is 8.75. The van der Waals surface area contributed by atoms with E-state index in [9.17, 15) is 26.7 Å². The van der Waals surface area contributed by atoms with Gasteiger partial charge in [0.15, 0.2) is 5.60 Å². The van der Waals surface area contributed by atoms with E-state index in [1.54, 1.807) is 11.4 Å². The molecule has 1 aromatic heterocycles. The van der Waals surface area contributed by atoms with E-state index in [-0.39, 0.29) is 35.7 Å². The molecule has 4 atom stereocenters. The normalized spacial score (nSPS) is 24.9. The topological polar surface area (TPSA) is 100 Å². The molecule has 3 rings (SSSR count). The molecular formula is C21H30F3N3O4S2. The molecule has 33 heavy (non-hydrogen) atoms. The van der Waals surface area contributed by atoms with Crippen LogP contribution in [0.1, 0.15) is 33.1 Å². The monoisotopic (exact) mass is 509 g/mol. The highest BCUT2D eigenvalue weighted by molar-refractivity contribution is 7.91. The van der Waals surface area contributed by atoms with Crippen LogP contribution in [-0.4, -0.2) is 68.9 Å². The van der Waals surface area contributed by atoms with Crippen molar-refractivity contribution in [2.75, 3.05) is 19.8 Å². The van der Waals surface area contributed by atoms with Crippen molar-refractivity contribution in [1.82, 2.24) is 10.0 Å². The standard InChI is InChI=1S/C21H30F3N3O4S2/c1-14(26-18-12-31-13-18)10-17(11-25-33(29,30)19-4-3-9-32-19)27-16-7-5-15(6-8-16)20(2,28)21(22,23)24/h3-5,7,9,14-15,17-18,25-26,28H,6,8,10-13H2,1-2H3. The molecular weight excluding hydrogens is 479 g/mol. The number of halogens is 3. The number of nitrogens with zero attached hydrogens (tertiary/aromatic N) is 1. The maximum Gasteiger partial charge on any atom is 0.417 e. The van der Waals surface area contributed by atoms with E-state index in [2.05, 4.69) is 15.0 Å². The molecule has 0 radical (unpaired) electrons. The lowest BCUT2D eigenvalue weighted by Crippen LogP contribution is -2.50. The number of nitrogens with one attached hydrogen (secondary N) is 2. The molecule has 7 nitrogen and oxygen atoms in total. The number of hydrogen-bond donors (Lipinski definition) is 3. The lowest BCUT2D eigenvalue weighted by molar-refractivity contribution is -0.267. The molecule has 186 valence electrons. The molecule has 1 fully saturated rings. The van der Waals surface area contributed by atoms with Gasteiger partial charge < -0.3 is 15.2 Å². The fourth-order valence-corrected chi connectivity index (χ4v) is 5.93. The van der Waals surface area contributed by atoms with Crippen molar-refractivity contribution in [3.8, 4) is 0 Å². The molecule has 1 saturated heterocycles. The van der Waals surface area contributed by atoms with Gasteiger partial charge in [0.1, 0.15) is 4.21 Å². The summed E-state index contributed by atoms with van der Waals surface area (Å²) in [5, 5.41) is 15.0. The van der Waals surface area contributed by atoms with Crippen LogP contribution in [0.3, 0.4) is 0 Å². The van der Waals surface area contributed by atoms with Crippen LogP contribution in [0.2, 0.25) is 0 Å². The fraction of sp³-hybridized carbons (Fsp3) is 0.667. The Kier molecular flexibility index (Phi) is 8.39. The highest BCUT2D eigenvalue weighted by Crippen LogP contribution is 2.40. The Hall–Kier alpha value is -1.31. The SMILES string of the molecule is CC(CC(CNS(=O)(=O)c1cccs1)N=C1C=CC(C(C)(O)C(F)(F)F)CC1)NC1COC1. The number of alkyl halides is 3. The van der Waals surface area contributed by atoms with Gasteiger partial charge in [-0.15, -0.1) is 11.3 Å². The summed E-state index contributed by atoms with van der Waals surface area (Å²) in [6.07, 6.45) is -0.984. The Labute approximate surface area is 196 Å². The molecule has 1 aliphatic heterocycles. The van der Waals surface area contributed by atoms with Crippen LogP contribution in [0, 0.1) is 5.92 Å². The van der Waals surface area contributed by atoms with Crippen molar-refractivity contribution >= 4 is 27.1 Å². The van der Waals surface area contributed by atoms with Crippen molar-refractivity contribution in [3.05, 3.63) is 29.7 Å². The van der Waals surface area contributed by atoms with Gasteiger partial charge in [0.2, 0.25) is 10.0 Å². The molecule has 0 bridgehead atoms. The Bertz CT molecular complexity index is 942. The minimum atomic E-state index is -4.73. The third-order valence-electron chi connectivity index (χ3n) is 5.93. The third kappa shape index (κ3) is 6.86. The molecule has 0 aromatic carbocycles. The second-order valence-corrected chi connectivity index (χ2v) is 11.7. The van der Waals surface area contributed by atoms with Gasteiger partial charge >= 0.3 is 6.18 Å². The summed E-state index contributed by atoms with van der Waals surface area (Å²) in [4.78, 5) is 4.66. The average Bonchev–Trinajstić information content (AvgIpc) is 3.24. The predicted molar refractivity (Wildman–Crippen MR) is 121 cm³/mol. The number of rotatable bonds is 10. The molecule has 0 amide bonds. The van der Waals surface area contributed by atoms with Gasteiger partial charge in [-0.1, -0.05) is 12.1 Å². The van der Waals surface area contributed by atoms with Crippen LogP contribution in [0.5, 0.6) is 0 Å². The first-order valence-corrected chi connectivity index (χ1v) is 13.2. The van der Waals surface area contributed by atoms with E-state index in [1.807, 2.05) is 6.92 Å². The number of thiophene rings is 1. The summed E-state index contributed by atoms with van der Waals surface area (Å²) in [6.45, 7) is 4.07. The van der Waals surface area contributed by atoms with Gasteiger partial charge in [0.25, 0.3) is 0 Å². The number of hydrogen-bond acceptors (Lipinski definition) is 7. The number of sulfonamides is 1. The first-order chi connectivity index (χ1) is 15.4. The minimum Gasteiger partial charge on any atom is -0.380 e. The lowest BCUT2D eigenvalue weighted by Gasteiger charge is -2.34. The molecule has 1 aromatic rings. The first-order valence-electron chi connectivity index (χ1n) is 10.8. The van der Waals surface area contributed by atoms with Gasteiger partial charge in [-0.3, -0.25) is 4.99 Å². The molecule has 4 unspecified atom stereocenters. The second kappa shape index (κ2) is 10.5. The van der Waals surface area contributed by atoms with E-state index < -0.39 is 33.8 Å². The summed E-state index contributed by atoms with van der Waals surface area (Å²) in [7, 11) is -3.67. The largest absolute Gasteiger partial charge is 0.417 e. The zero-order chi connectivity index (χ0) is 24.3. The Morgan fingerprint density at radius 3 is 2.61 bits per heavy atom. The van der Waals surface area contributed by atoms with Crippen molar-refractivity contribution in [1.29, 1.82) is 0 Å². The van der Waals surface area contributed by atoms with Crippen molar-refractivity contribution in [3.63, 3.8) is 0 Å². The highest BCUT2D eigenvalue weighted by atomic mass is 32.2. The van der Waals surface area contributed by atoms with Gasteiger partial charge in [-0.25, -0.2) is 13.1 Å². The second-order valence-electron chi connectivity index (χ2n) is 8.75. The van der Waals surface area contributed by atoms with Crippen LogP contribution in [0.25, 0.3) is 0 Å². The Morgan fingerprint density at radius 2 is 2.09 bits per heavy atom. The highest BCUT2D eigenvalue weighted by Gasteiger charge is 2.54. The minimum absolute atomic E-state index is 0.0331. The van der Waals surface area contributed by atoms with Gasteiger partial charge in [-0.2, -0.15) is 13.2 Å². The van der Waals surface area contributed by atoms with Crippen molar-refractivity contribution in [2.45, 2.75) is 67.2 Å².